The van der Waals surface area contributed by atoms with Crippen molar-refractivity contribution in [2.45, 2.75) is 44.6 Å². The summed E-state index contributed by atoms with van der Waals surface area (Å²) in [7, 11) is 0. The lowest BCUT2D eigenvalue weighted by atomic mass is 10.0. The summed E-state index contributed by atoms with van der Waals surface area (Å²) in [6.07, 6.45) is 7.12. The molecule has 1 aromatic rings. The van der Waals surface area contributed by atoms with Crippen LogP contribution in [-0.4, -0.2) is 24.2 Å². The SMILES string of the molecule is O=C(NCCCC1CCCC1)NCC(O)c1ccsc1. The number of urea groups is 1. The van der Waals surface area contributed by atoms with Gasteiger partial charge in [0.1, 0.15) is 0 Å². The Labute approximate surface area is 124 Å². The van der Waals surface area contributed by atoms with E-state index in [0.717, 1.165) is 24.4 Å². The lowest BCUT2D eigenvalue weighted by molar-refractivity contribution is 0.173. The molecule has 1 unspecified atom stereocenters. The van der Waals surface area contributed by atoms with Crippen LogP contribution in [0.1, 0.15) is 50.2 Å². The topological polar surface area (TPSA) is 61.4 Å². The third-order valence-corrected chi connectivity index (χ3v) is 4.63. The molecular formula is C15H24N2O2S. The molecular weight excluding hydrogens is 272 g/mol. The maximum atomic E-state index is 11.6. The molecule has 1 heterocycles. The zero-order valence-corrected chi connectivity index (χ0v) is 12.6. The van der Waals surface area contributed by atoms with Gasteiger partial charge in [0.15, 0.2) is 0 Å². The summed E-state index contributed by atoms with van der Waals surface area (Å²) in [5.74, 6) is 0.875. The highest BCUT2D eigenvalue weighted by molar-refractivity contribution is 7.07. The Balaban J connectivity index is 1.51. The molecule has 0 saturated heterocycles. The number of amides is 2. The quantitative estimate of drug-likeness (QED) is 0.677. The molecule has 0 bridgehead atoms. The maximum absolute atomic E-state index is 11.6. The fourth-order valence-electron chi connectivity index (χ4n) is 2.73. The van der Waals surface area contributed by atoms with Gasteiger partial charge in [0, 0.05) is 13.1 Å². The van der Waals surface area contributed by atoms with E-state index < -0.39 is 6.10 Å². The molecule has 3 N–H and O–H groups in total. The molecule has 2 amide bonds. The number of aliphatic hydroxyl groups excluding tert-OH is 1. The summed E-state index contributed by atoms with van der Waals surface area (Å²) in [5, 5.41) is 19.2. The number of nitrogens with one attached hydrogen (secondary N) is 2. The molecule has 1 saturated carbocycles. The minimum atomic E-state index is -0.620. The molecule has 0 aliphatic heterocycles. The second-order valence-corrected chi connectivity index (χ2v) is 6.28. The molecule has 1 fully saturated rings. The molecule has 112 valence electrons. The monoisotopic (exact) mass is 296 g/mol. The van der Waals surface area contributed by atoms with Crippen molar-refractivity contribution in [3.63, 3.8) is 0 Å². The van der Waals surface area contributed by atoms with Gasteiger partial charge in [-0.3, -0.25) is 0 Å². The van der Waals surface area contributed by atoms with E-state index in [1.54, 1.807) is 11.3 Å². The van der Waals surface area contributed by atoms with Crippen molar-refractivity contribution in [2.75, 3.05) is 13.1 Å². The van der Waals surface area contributed by atoms with Gasteiger partial charge in [0.25, 0.3) is 0 Å². The van der Waals surface area contributed by atoms with Crippen molar-refractivity contribution in [2.24, 2.45) is 5.92 Å². The van der Waals surface area contributed by atoms with Gasteiger partial charge in [-0.1, -0.05) is 25.7 Å². The first kappa shape index (κ1) is 15.3. The molecule has 4 nitrogen and oxygen atoms in total. The Morgan fingerprint density at radius 2 is 2.20 bits per heavy atom. The van der Waals surface area contributed by atoms with Crippen LogP contribution in [0.25, 0.3) is 0 Å². The average Bonchev–Trinajstić information content (AvgIpc) is 3.13. The zero-order chi connectivity index (χ0) is 14.2. The van der Waals surface area contributed by atoms with E-state index in [2.05, 4.69) is 10.6 Å². The van der Waals surface area contributed by atoms with Gasteiger partial charge in [-0.25, -0.2) is 4.79 Å². The van der Waals surface area contributed by atoms with E-state index >= 15 is 0 Å². The third-order valence-electron chi connectivity index (χ3n) is 3.93. The number of hydrogen-bond donors (Lipinski definition) is 3. The van der Waals surface area contributed by atoms with Crippen LogP contribution in [0.2, 0.25) is 0 Å². The minimum absolute atomic E-state index is 0.189. The van der Waals surface area contributed by atoms with Crippen LogP contribution >= 0.6 is 11.3 Å². The predicted octanol–water partition coefficient (Wildman–Crippen LogP) is 3.05. The number of hydrogen-bond acceptors (Lipinski definition) is 3. The van der Waals surface area contributed by atoms with Crippen LogP contribution in [0, 0.1) is 5.92 Å². The van der Waals surface area contributed by atoms with Gasteiger partial charge in [-0.05, 0) is 41.1 Å². The van der Waals surface area contributed by atoms with E-state index in [-0.39, 0.29) is 12.6 Å². The highest BCUT2D eigenvalue weighted by Gasteiger charge is 2.14. The highest BCUT2D eigenvalue weighted by Crippen LogP contribution is 2.28. The lowest BCUT2D eigenvalue weighted by Crippen LogP contribution is -2.38. The first-order valence-electron chi connectivity index (χ1n) is 7.47. The van der Waals surface area contributed by atoms with E-state index in [4.69, 9.17) is 0 Å². The van der Waals surface area contributed by atoms with E-state index in [1.807, 2.05) is 16.8 Å². The van der Waals surface area contributed by atoms with Crippen LogP contribution in [-0.2, 0) is 0 Å². The van der Waals surface area contributed by atoms with Crippen LogP contribution < -0.4 is 10.6 Å². The Hall–Kier alpha value is -1.07. The van der Waals surface area contributed by atoms with Crippen LogP contribution in [0.3, 0.4) is 0 Å². The Bertz CT molecular complexity index is 389. The zero-order valence-electron chi connectivity index (χ0n) is 11.8. The summed E-state index contributed by atoms with van der Waals surface area (Å²) < 4.78 is 0. The number of thiophene rings is 1. The molecule has 1 aromatic heterocycles. The molecule has 1 aliphatic rings. The Kier molecular flexibility index (Phi) is 6.33. The Morgan fingerprint density at radius 1 is 1.40 bits per heavy atom. The summed E-state index contributed by atoms with van der Waals surface area (Å²) in [6, 6.07) is 1.68. The van der Waals surface area contributed by atoms with Crippen molar-refractivity contribution < 1.29 is 9.90 Å². The lowest BCUT2D eigenvalue weighted by Gasteiger charge is -2.12. The van der Waals surface area contributed by atoms with Crippen molar-refractivity contribution in [3.05, 3.63) is 22.4 Å². The van der Waals surface area contributed by atoms with Gasteiger partial charge < -0.3 is 15.7 Å². The maximum Gasteiger partial charge on any atom is 0.314 e. The summed E-state index contributed by atoms with van der Waals surface area (Å²) in [6.45, 7) is 0.974. The fraction of sp³-hybridized carbons (Fsp3) is 0.667. The normalized spacial score (nSPS) is 17.1. The first-order valence-corrected chi connectivity index (χ1v) is 8.42. The van der Waals surface area contributed by atoms with Crippen LogP contribution in [0.5, 0.6) is 0 Å². The number of carbonyl (C=O) groups excluding carboxylic acids is 1. The first-order chi connectivity index (χ1) is 9.75. The van der Waals surface area contributed by atoms with Gasteiger partial charge in [-0.15, -0.1) is 0 Å². The van der Waals surface area contributed by atoms with Crippen molar-refractivity contribution >= 4 is 17.4 Å². The molecule has 0 aromatic carbocycles. The minimum Gasteiger partial charge on any atom is -0.387 e. The predicted molar refractivity (Wildman–Crippen MR) is 81.9 cm³/mol. The van der Waals surface area contributed by atoms with E-state index in [9.17, 15) is 9.90 Å². The largest absolute Gasteiger partial charge is 0.387 e. The van der Waals surface area contributed by atoms with Crippen molar-refractivity contribution in [1.82, 2.24) is 10.6 Å². The highest BCUT2D eigenvalue weighted by atomic mass is 32.1. The van der Waals surface area contributed by atoms with E-state index in [0.29, 0.717) is 0 Å². The average molecular weight is 296 g/mol. The summed E-state index contributed by atoms with van der Waals surface area (Å²) in [4.78, 5) is 11.6. The smallest absolute Gasteiger partial charge is 0.314 e. The van der Waals surface area contributed by atoms with Crippen molar-refractivity contribution in [3.8, 4) is 0 Å². The van der Waals surface area contributed by atoms with Crippen molar-refractivity contribution in [1.29, 1.82) is 0 Å². The summed E-state index contributed by atoms with van der Waals surface area (Å²) in [5.41, 5.74) is 0.858. The molecule has 1 aliphatic carbocycles. The second-order valence-electron chi connectivity index (χ2n) is 5.50. The number of carbonyl (C=O) groups is 1. The van der Waals surface area contributed by atoms with Gasteiger partial charge in [-0.2, -0.15) is 11.3 Å². The van der Waals surface area contributed by atoms with Gasteiger partial charge >= 0.3 is 6.03 Å². The molecule has 1 atom stereocenters. The number of rotatable bonds is 7. The van der Waals surface area contributed by atoms with Crippen LogP contribution in [0.15, 0.2) is 16.8 Å². The number of aliphatic hydroxyl groups is 1. The molecule has 5 heteroatoms. The molecule has 0 spiro atoms. The third kappa shape index (κ3) is 5.13. The Morgan fingerprint density at radius 3 is 2.90 bits per heavy atom. The summed E-state index contributed by atoms with van der Waals surface area (Å²) >= 11 is 1.54. The standard InChI is InChI=1S/C15H24N2O2S/c18-14(13-7-9-20-11-13)10-17-15(19)16-8-3-6-12-4-1-2-5-12/h7,9,11-12,14,18H,1-6,8,10H2,(H2,16,17,19). The van der Waals surface area contributed by atoms with Crippen LogP contribution in [0.4, 0.5) is 4.79 Å². The second kappa shape index (κ2) is 8.27. The van der Waals surface area contributed by atoms with Gasteiger partial charge in [0.05, 0.1) is 6.10 Å². The molecule has 2 rings (SSSR count). The molecule has 20 heavy (non-hydrogen) atoms. The molecule has 0 radical (unpaired) electrons. The van der Waals surface area contributed by atoms with E-state index in [1.165, 1.54) is 32.1 Å². The van der Waals surface area contributed by atoms with Gasteiger partial charge in [0.2, 0.25) is 0 Å². The fourth-order valence-corrected chi connectivity index (χ4v) is 3.43.